The van der Waals surface area contributed by atoms with Crippen LogP contribution in [0.4, 0.5) is 0 Å². The van der Waals surface area contributed by atoms with Gasteiger partial charge in [-0.2, -0.15) is 0 Å². The SMILES string of the molecule is NCCc1cncn1C(=O)CCCCC(N)C(=O)n1cncc1CCN. The molecule has 0 aliphatic rings. The van der Waals surface area contributed by atoms with Crippen molar-refractivity contribution in [2.24, 2.45) is 17.2 Å². The third-order valence-corrected chi connectivity index (χ3v) is 4.21. The standard InChI is InChI=1S/C17H27N7O2/c18-7-5-13-9-21-11-23(13)16(25)4-2-1-3-15(20)17(26)24-12-22-10-14(24)6-8-19/h9-12,15H,1-8,18-20H2. The molecule has 2 rings (SSSR count). The van der Waals surface area contributed by atoms with Crippen LogP contribution in [0.25, 0.3) is 0 Å². The Morgan fingerprint density at radius 2 is 1.54 bits per heavy atom. The third kappa shape index (κ3) is 5.07. The molecular weight excluding hydrogens is 334 g/mol. The van der Waals surface area contributed by atoms with Gasteiger partial charge in [0.05, 0.1) is 6.04 Å². The van der Waals surface area contributed by atoms with Crippen molar-refractivity contribution in [1.82, 2.24) is 19.1 Å². The van der Waals surface area contributed by atoms with Gasteiger partial charge >= 0.3 is 0 Å². The lowest BCUT2D eigenvalue weighted by molar-refractivity contribution is 0.0870. The summed E-state index contributed by atoms with van der Waals surface area (Å²) in [6.07, 6.45) is 9.66. The number of nitrogens with two attached hydrogens (primary N) is 3. The van der Waals surface area contributed by atoms with E-state index in [0.29, 0.717) is 51.6 Å². The minimum atomic E-state index is -0.628. The molecule has 6 N–H and O–H groups in total. The van der Waals surface area contributed by atoms with E-state index in [2.05, 4.69) is 9.97 Å². The molecule has 0 aliphatic heterocycles. The fourth-order valence-corrected chi connectivity index (χ4v) is 2.80. The largest absolute Gasteiger partial charge is 0.330 e. The quantitative estimate of drug-likeness (QED) is 0.502. The van der Waals surface area contributed by atoms with Gasteiger partial charge in [-0.15, -0.1) is 0 Å². The molecule has 2 aromatic rings. The van der Waals surface area contributed by atoms with Crippen LogP contribution in [0.2, 0.25) is 0 Å². The summed E-state index contributed by atoms with van der Waals surface area (Å²) in [5.41, 5.74) is 18.6. The van der Waals surface area contributed by atoms with E-state index in [1.807, 2.05) is 0 Å². The first-order valence-electron chi connectivity index (χ1n) is 8.84. The smallest absolute Gasteiger partial charge is 0.248 e. The Hall–Kier alpha value is -2.36. The number of hydrogen-bond donors (Lipinski definition) is 3. The molecule has 0 fully saturated rings. The second-order valence-corrected chi connectivity index (χ2v) is 6.17. The van der Waals surface area contributed by atoms with Gasteiger partial charge in [-0.3, -0.25) is 18.7 Å². The number of hydrogen-bond acceptors (Lipinski definition) is 7. The molecule has 0 radical (unpaired) electrons. The number of rotatable bonds is 10. The second kappa shape index (κ2) is 9.95. The fourth-order valence-electron chi connectivity index (χ4n) is 2.80. The third-order valence-electron chi connectivity index (χ3n) is 4.21. The highest BCUT2D eigenvalue weighted by Gasteiger charge is 2.18. The van der Waals surface area contributed by atoms with Gasteiger partial charge in [0.25, 0.3) is 0 Å². The molecule has 0 aromatic carbocycles. The van der Waals surface area contributed by atoms with Gasteiger partial charge in [0.2, 0.25) is 11.8 Å². The maximum absolute atomic E-state index is 12.4. The molecule has 2 heterocycles. The molecule has 0 saturated heterocycles. The zero-order valence-corrected chi connectivity index (χ0v) is 14.9. The maximum Gasteiger partial charge on any atom is 0.248 e. The van der Waals surface area contributed by atoms with Gasteiger partial charge in [0, 0.05) is 43.0 Å². The van der Waals surface area contributed by atoms with Crippen molar-refractivity contribution in [2.45, 2.75) is 44.6 Å². The van der Waals surface area contributed by atoms with Crippen molar-refractivity contribution in [1.29, 1.82) is 0 Å². The molecule has 1 atom stereocenters. The first-order chi connectivity index (χ1) is 12.6. The molecule has 0 aliphatic carbocycles. The van der Waals surface area contributed by atoms with Crippen LogP contribution in [-0.2, 0) is 12.8 Å². The number of imidazole rings is 2. The van der Waals surface area contributed by atoms with E-state index in [9.17, 15) is 9.59 Å². The summed E-state index contributed by atoms with van der Waals surface area (Å²) < 4.78 is 3.01. The Labute approximate surface area is 152 Å². The molecular formula is C17H27N7O2. The van der Waals surface area contributed by atoms with Crippen LogP contribution in [0.1, 0.15) is 46.7 Å². The molecule has 0 amide bonds. The molecule has 0 bridgehead atoms. The van der Waals surface area contributed by atoms with E-state index in [-0.39, 0.29) is 11.8 Å². The number of carbonyl (C=O) groups excluding carboxylic acids is 2. The lowest BCUT2D eigenvalue weighted by Gasteiger charge is -2.13. The molecule has 26 heavy (non-hydrogen) atoms. The van der Waals surface area contributed by atoms with E-state index in [4.69, 9.17) is 17.2 Å². The summed E-state index contributed by atoms with van der Waals surface area (Å²) in [7, 11) is 0. The van der Waals surface area contributed by atoms with Gasteiger partial charge in [-0.25, -0.2) is 9.97 Å². The predicted molar refractivity (Wildman–Crippen MR) is 97.7 cm³/mol. The maximum atomic E-state index is 12.4. The van der Waals surface area contributed by atoms with Crippen molar-refractivity contribution >= 4 is 11.8 Å². The summed E-state index contributed by atoms with van der Waals surface area (Å²) in [5.74, 6) is -0.220. The normalized spacial score (nSPS) is 12.3. The van der Waals surface area contributed by atoms with Gasteiger partial charge in [0.15, 0.2) is 0 Å². The monoisotopic (exact) mass is 361 g/mol. The van der Waals surface area contributed by atoms with Crippen LogP contribution in [0.15, 0.2) is 25.0 Å². The molecule has 9 heteroatoms. The van der Waals surface area contributed by atoms with Crippen LogP contribution in [-0.4, -0.2) is 50.0 Å². The fraction of sp³-hybridized carbons (Fsp3) is 0.529. The highest BCUT2D eigenvalue weighted by molar-refractivity contribution is 5.84. The molecule has 0 spiro atoms. The van der Waals surface area contributed by atoms with E-state index >= 15 is 0 Å². The zero-order chi connectivity index (χ0) is 18.9. The van der Waals surface area contributed by atoms with Crippen molar-refractivity contribution in [2.75, 3.05) is 13.1 Å². The van der Waals surface area contributed by atoms with Gasteiger partial charge in [-0.05, 0) is 25.9 Å². The van der Waals surface area contributed by atoms with E-state index in [0.717, 1.165) is 11.4 Å². The molecule has 2 aromatic heterocycles. The van der Waals surface area contributed by atoms with Gasteiger partial charge in [0.1, 0.15) is 12.7 Å². The van der Waals surface area contributed by atoms with Crippen LogP contribution in [0, 0.1) is 0 Å². The van der Waals surface area contributed by atoms with Crippen LogP contribution < -0.4 is 17.2 Å². The minimum absolute atomic E-state index is 0.0225. The average molecular weight is 361 g/mol. The van der Waals surface area contributed by atoms with Crippen molar-refractivity contribution in [3.05, 3.63) is 36.4 Å². The van der Waals surface area contributed by atoms with Crippen molar-refractivity contribution in [3.8, 4) is 0 Å². The summed E-state index contributed by atoms with van der Waals surface area (Å²) >= 11 is 0. The highest BCUT2D eigenvalue weighted by Crippen LogP contribution is 2.09. The Kier molecular flexibility index (Phi) is 7.64. The number of unbranched alkanes of at least 4 members (excludes halogenated alkanes) is 1. The van der Waals surface area contributed by atoms with Crippen molar-refractivity contribution < 1.29 is 9.59 Å². The van der Waals surface area contributed by atoms with Gasteiger partial charge in [-0.1, -0.05) is 6.42 Å². The first-order valence-corrected chi connectivity index (χ1v) is 8.84. The lowest BCUT2D eigenvalue weighted by Crippen LogP contribution is -2.35. The number of nitrogens with zero attached hydrogens (tertiary/aromatic N) is 4. The first kappa shape index (κ1) is 20.0. The van der Waals surface area contributed by atoms with E-state index in [1.54, 1.807) is 17.0 Å². The summed E-state index contributed by atoms with van der Waals surface area (Å²) in [6, 6.07) is -0.628. The van der Waals surface area contributed by atoms with E-state index < -0.39 is 6.04 Å². The van der Waals surface area contributed by atoms with Crippen LogP contribution in [0.5, 0.6) is 0 Å². The zero-order valence-electron chi connectivity index (χ0n) is 14.9. The van der Waals surface area contributed by atoms with Crippen LogP contribution in [0.3, 0.4) is 0 Å². The van der Waals surface area contributed by atoms with E-state index in [1.165, 1.54) is 17.2 Å². The summed E-state index contributed by atoms with van der Waals surface area (Å²) in [6.45, 7) is 0.910. The second-order valence-electron chi connectivity index (χ2n) is 6.17. The lowest BCUT2D eigenvalue weighted by atomic mass is 10.1. The van der Waals surface area contributed by atoms with Crippen molar-refractivity contribution in [3.63, 3.8) is 0 Å². The molecule has 1 unspecified atom stereocenters. The number of carbonyl (C=O) groups is 2. The summed E-state index contributed by atoms with van der Waals surface area (Å²) in [5, 5.41) is 0. The van der Waals surface area contributed by atoms with Crippen LogP contribution >= 0.6 is 0 Å². The highest BCUT2D eigenvalue weighted by atomic mass is 16.2. The summed E-state index contributed by atoms with van der Waals surface area (Å²) in [4.78, 5) is 32.6. The topological polar surface area (TPSA) is 148 Å². The average Bonchev–Trinajstić information content (AvgIpc) is 3.28. The molecule has 142 valence electrons. The number of aromatic nitrogens is 4. The molecule has 0 saturated carbocycles. The Bertz CT molecular complexity index is 722. The molecule has 9 nitrogen and oxygen atoms in total. The Morgan fingerprint density at radius 3 is 2.15 bits per heavy atom. The van der Waals surface area contributed by atoms with Gasteiger partial charge < -0.3 is 17.2 Å². The minimum Gasteiger partial charge on any atom is -0.330 e. The Morgan fingerprint density at radius 1 is 0.962 bits per heavy atom. The Balaban J connectivity index is 1.78. The predicted octanol–water partition coefficient (Wildman–Crippen LogP) is -0.0497.